The van der Waals surface area contributed by atoms with Crippen LogP contribution in [-0.2, 0) is 0 Å². The molecule has 0 aromatic carbocycles. The van der Waals surface area contributed by atoms with Gasteiger partial charge in [-0.05, 0) is 11.4 Å². The van der Waals surface area contributed by atoms with Crippen LogP contribution in [0.25, 0.3) is 10.1 Å². The molecule has 0 fully saturated rings. The van der Waals surface area contributed by atoms with Gasteiger partial charge in [0, 0.05) is 5.39 Å². The molecule has 0 spiro atoms. The van der Waals surface area contributed by atoms with E-state index < -0.39 is 0 Å². The van der Waals surface area contributed by atoms with Gasteiger partial charge in [-0.3, -0.25) is 0 Å². The maximum atomic E-state index is 5.73. The highest BCUT2D eigenvalue weighted by Gasteiger charge is 1.99. The van der Waals surface area contributed by atoms with Crippen molar-refractivity contribution in [2.75, 3.05) is 0 Å². The number of rotatable bonds is 0. The molecular formula is C6H3ClN2S. The van der Waals surface area contributed by atoms with Crippen molar-refractivity contribution in [3.8, 4) is 0 Å². The van der Waals surface area contributed by atoms with Gasteiger partial charge in [0.2, 0.25) is 0 Å². The zero-order valence-electron chi connectivity index (χ0n) is 4.91. The number of halogens is 1. The fourth-order valence-electron chi connectivity index (χ4n) is 0.777. The van der Waals surface area contributed by atoms with Crippen LogP contribution in [0.3, 0.4) is 0 Å². The Kier molecular flexibility index (Phi) is 1.32. The van der Waals surface area contributed by atoms with E-state index in [-0.39, 0.29) is 0 Å². The zero-order valence-corrected chi connectivity index (χ0v) is 6.49. The van der Waals surface area contributed by atoms with Gasteiger partial charge in [0.1, 0.15) is 0 Å². The molecule has 0 aliphatic carbocycles. The van der Waals surface area contributed by atoms with Crippen LogP contribution in [0.2, 0.25) is 5.15 Å². The van der Waals surface area contributed by atoms with E-state index in [2.05, 4.69) is 10.2 Å². The molecule has 0 saturated carbocycles. The first-order valence-electron chi connectivity index (χ1n) is 2.72. The lowest BCUT2D eigenvalue weighted by molar-refractivity contribution is 1.05. The highest BCUT2D eigenvalue weighted by atomic mass is 35.5. The fourth-order valence-corrected chi connectivity index (χ4v) is 1.79. The van der Waals surface area contributed by atoms with Crippen LogP contribution >= 0.6 is 22.9 Å². The summed E-state index contributed by atoms with van der Waals surface area (Å²) in [5.74, 6) is 0. The highest BCUT2D eigenvalue weighted by molar-refractivity contribution is 7.17. The summed E-state index contributed by atoms with van der Waals surface area (Å²) in [5.41, 5.74) is 0. The van der Waals surface area contributed by atoms with Gasteiger partial charge in [0.05, 0.1) is 10.9 Å². The van der Waals surface area contributed by atoms with Gasteiger partial charge in [-0.15, -0.1) is 16.4 Å². The summed E-state index contributed by atoms with van der Waals surface area (Å²) in [6.07, 6.45) is 1.71. The molecule has 0 N–H and O–H groups in total. The highest BCUT2D eigenvalue weighted by Crippen LogP contribution is 2.23. The molecule has 0 amide bonds. The minimum atomic E-state index is 0.485. The van der Waals surface area contributed by atoms with E-state index in [0.29, 0.717) is 5.15 Å². The molecule has 2 heterocycles. The van der Waals surface area contributed by atoms with Gasteiger partial charge in [-0.25, -0.2) is 0 Å². The van der Waals surface area contributed by atoms with E-state index in [1.807, 2.05) is 11.4 Å². The largest absolute Gasteiger partial charge is 0.160 e. The van der Waals surface area contributed by atoms with E-state index in [0.717, 1.165) is 10.1 Å². The molecule has 4 heteroatoms. The van der Waals surface area contributed by atoms with Crippen LogP contribution in [0.15, 0.2) is 17.6 Å². The molecule has 0 saturated heterocycles. The SMILES string of the molecule is Clc1nncc2sccc12. The van der Waals surface area contributed by atoms with Crippen molar-refractivity contribution in [1.82, 2.24) is 10.2 Å². The van der Waals surface area contributed by atoms with E-state index in [1.54, 1.807) is 17.5 Å². The molecule has 2 rings (SSSR count). The smallest absolute Gasteiger partial charge is 0.156 e. The van der Waals surface area contributed by atoms with E-state index in [1.165, 1.54) is 0 Å². The standard InChI is InChI=1S/C6H3ClN2S/c7-6-4-1-2-10-5(4)3-8-9-6/h1-3H. The molecule has 0 radical (unpaired) electrons. The van der Waals surface area contributed by atoms with Crippen molar-refractivity contribution < 1.29 is 0 Å². The Balaban J connectivity index is 2.95. The third kappa shape index (κ3) is 0.786. The Hall–Kier alpha value is -0.670. The quantitative estimate of drug-likeness (QED) is 0.607. The molecule has 0 aliphatic rings. The normalized spacial score (nSPS) is 10.5. The molecule has 2 nitrogen and oxygen atoms in total. The van der Waals surface area contributed by atoms with E-state index >= 15 is 0 Å². The summed E-state index contributed by atoms with van der Waals surface area (Å²) in [6.45, 7) is 0. The number of fused-ring (bicyclic) bond motifs is 1. The number of thiophene rings is 1. The molecule has 0 bridgehead atoms. The summed E-state index contributed by atoms with van der Waals surface area (Å²) in [7, 11) is 0. The molecule has 10 heavy (non-hydrogen) atoms. The van der Waals surface area contributed by atoms with Gasteiger partial charge in [-0.1, -0.05) is 11.6 Å². The Labute approximate surface area is 66.5 Å². The van der Waals surface area contributed by atoms with Crippen molar-refractivity contribution in [2.24, 2.45) is 0 Å². The van der Waals surface area contributed by atoms with Crippen LogP contribution in [0.1, 0.15) is 0 Å². The topological polar surface area (TPSA) is 25.8 Å². The van der Waals surface area contributed by atoms with Crippen molar-refractivity contribution in [3.05, 3.63) is 22.8 Å². The Morgan fingerprint density at radius 2 is 2.40 bits per heavy atom. The lowest BCUT2D eigenvalue weighted by Gasteiger charge is -1.87. The molecule has 0 aliphatic heterocycles. The van der Waals surface area contributed by atoms with Gasteiger partial charge in [0.15, 0.2) is 5.15 Å². The zero-order chi connectivity index (χ0) is 6.97. The number of hydrogen-bond acceptors (Lipinski definition) is 3. The van der Waals surface area contributed by atoms with Gasteiger partial charge in [0.25, 0.3) is 0 Å². The fraction of sp³-hybridized carbons (Fsp3) is 0. The first-order chi connectivity index (χ1) is 4.88. The third-order valence-electron chi connectivity index (χ3n) is 1.24. The summed E-state index contributed by atoms with van der Waals surface area (Å²) in [6, 6.07) is 1.94. The average molecular weight is 171 g/mol. The third-order valence-corrected chi connectivity index (χ3v) is 2.37. The average Bonchev–Trinajstić information content (AvgIpc) is 2.36. The molecule has 50 valence electrons. The molecule has 2 aromatic rings. The second-order valence-corrected chi connectivity index (χ2v) is 3.14. The first kappa shape index (κ1) is 6.07. The van der Waals surface area contributed by atoms with E-state index in [4.69, 9.17) is 11.6 Å². The maximum absolute atomic E-state index is 5.73. The minimum absolute atomic E-state index is 0.485. The van der Waals surface area contributed by atoms with Crippen molar-refractivity contribution in [3.63, 3.8) is 0 Å². The number of aromatic nitrogens is 2. The second-order valence-electron chi connectivity index (χ2n) is 1.83. The summed E-state index contributed by atoms with van der Waals surface area (Å²) >= 11 is 7.35. The molecule has 0 atom stereocenters. The number of nitrogens with zero attached hydrogens (tertiary/aromatic N) is 2. The van der Waals surface area contributed by atoms with Gasteiger partial charge >= 0.3 is 0 Å². The summed E-state index contributed by atoms with van der Waals surface area (Å²) in [4.78, 5) is 0. The maximum Gasteiger partial charge on any atom is 0.160 e. The van der Waals surface area contributed by atoms with Crippen molar-refractivity contribution in [1.29, 1.82) is 0 Å². The number of hydrogen-bond donors (Lipinski definition) is 0. The molecule has 2 aromatic heterocycles. The lowest BCUT2D eigenvalue weighted by atomic mass is 10.4. The Morgan fingerprint density at radius 1 is 1.50 bits per heavy atom. The van der Waals surface area contributed by atoms with Crippen molar-refractivity contribution in [2.45, 2.75) is 0 Å². The monoisotopic (exact) mass is 170 g/mol. The van der Waals surface area contributed by atoms with Crippen LogP contribution < -0.4 is 0 Å². The van der Waals surface area contributed by atoms with Gasteiger partial charge < -0.3 is 0 Å². The van der Waals surface area contributed by atoms with Crippen LogP contribution in [0, 0.1) is 0 Å². The Morgan fingerprint density at radius 3 is 3.20 bits per heavy atom. The van der Waals surface area contributed by atoms with Gasteiger partial charge in [-0.2, -0.15) is 5.10 Å². The van der Waals surface area contributed by atoms with Crippen LogP contribution in [-0.4, -0.2) is 10.2 Å². The predicted molar refractivity (Wildman–Crippen MR) is 42.4 cm³/mol. The van der Waals surface area contributed by atoms with Crippen molar-refractivity contribution >= 4 is 33.0 Å². The predicted octanol–water partition coefficient (Wildman–Crippen LogP) is 2.34. The van der Waals surface area contributed by atoms with Crippen LogP contribution in [0.5, 0.6) is 0 Å². The Bertz CT molecular complexity index is 357. The van der Waals surface area contributed by atoms with Crippen LogP contribution in [0.4, 0.5) is 0 Å². The van der Waals surface area contributed by atoms with E-state index in [9.17, 15) is 0 Å². The summed E-state index contributed by atoms with van der Waals surface area (Å²) in [5, 5.41) is 10.9. The minimum Gasteiger partial charge on any atom is -0.156 e. The first-order valence-corrected chi connectivity index (χ1v) is 3.98. The molecular weight excluding hydrogens is 168 g/mol. The summed E-state index contributed by atoms with van der Waals surface area (Å²) < 4.78 is 1.08. The lowest BCUT2D eigenvalue weighted by Crippen LogP contribution is -1.78. The molecule has 0 unspecified atom stereocenters. The second kappa shape index (κ2) is 2.18.